The lowest BCUT2D eigenvalue weighted by atomic mass is 10.1. The van der Waals surface area contributed by atoms with Crippen molar-refractivity contribution in [1.29, 1.82) is 0 Å². The van der Waals surface area contributed by atoms with Gasteiger partial charge in [-0.1, -0.05) is 48.3 Å². The second kappa shape index (κ2) is 8.29. The summed E-state index contributed by atoms with van der Waals surface area (Å²) in [6, 6.07) is 10.2. The van der Waals surface area contributed by atoms with E-state index < -0.39 is 22.5 Å². The molecule has 0 saturated carbocycles. The zero-order valence-corrected chi connectivity index (χ0v) is 17.0. The van der Waals surface area contributed by atoms with Crippen molar-refractivity contribution in [3.05, 3.63) is 57.6 Å². The number of hydrogen-bond donors (Lipinski definition) is 1. The van der Waals surface area contributed by atoms with E-state index in [4.69, 9.17) is 23.2 Å². The molecule has 1 N–H and O–H groups in total. The van der Waals surface area contributed by atoms with Gasteiger partial charge >= 0.3 is 0 Å². The zero-order chi connectivity index (χ0) is 19.5. The fourth-order valence-electron chi connectivity index (χ4n) is 2.58. The molecule has 0 fully saturated rings. The summed E-state index contributed by atoms with van der Waals surface area (Å²) in [6.45, 7) is 3.48. The predicted molar refractivity (Wildman–Crippen MR) is 108 cm³/mol. The van der Waals surface area contributed by atoms with Crippen LogP contribution in [0.15, 0.2) is 36.4 Å². The molecule has 5 nitrogen and oxygen atoms in total. The molecule has 0 saturated heterocycles. The molecule has 0 aromatic heterocycles. The van der Waals surface area contributed by atoms with Crippen molar-refractivity contribution in [2.24, 2.45) is 0 Å². The molecular formula is C18H20Cl2N2O3S. The number of rotatable bonds is 6. The summed E-state index contributed by atoms with van der Waals surface area (Å²) in [5.41, 5.74) is 2.80. The van der Waals surface area contributed by atoms with Crippen molar-refractivity contribution in [2.75, 3.05) is 22.4 Å². The molecule has 0 aliphatic heterocycles. The summed E-state index contributed by atoms with van der Waals surface area (Å²) in [5, 5.41) is 3.35. The standard InChI is InChI=1S/C18H20Cl2N2O3S/c1-4-13-7-5-6-12(2)18(13)21-17(23)11-22(26(3,24)25)16-9-8-14(19)10-15(16)20/h5-10H,4,11H2,1-3H3,(H,21,23). The minimum absolute atomic E-state index is 0.154. The SMILES string of the molecule is CCc1cccc(C)c1NC(=O)CN(c1ccc(Cl)cc1Cl)S(C)(=O)=O. The van der Waals surface area contributed by atoms with Gasteiger partial charge in [0.2, 0.25) is 15.9 Å². The van der Waals surface area contributed by atoms with Crippen LogP contribution in [0.2, 0.25) is 10.0 Å². The maximum Gasteiger partial charge on any atom is 0.245 e. The normalized spacial score (nSPS) is 11.3. The van der Waals surface area contributed by atoms with Crippen LogP contribution >= 0.6 is 23.2 Å². The average Bonchev–Trinajstić information content (AvgIpc) is 2.54. The number of aryl methyl sites for hydroxylation is 2. The lowest BCUT2D eigenvalue weighted by molar-refractivity contribution is -0.114. The van der Waals surface area contributed by atoms with Crippen molar-refractivity contribution in [1.82, 2.24) is 0 Å². The quantitative estimate of drug-likeness (QED) is 0.767. The van der Waals surface area contributed by atoms with Crippen LogP contribution in [0.3, 0.4) is 0 Å². The van der Waals surface area contributed by atoms with E-state index in [0.717, 1.165) is 28.1 Å². The highest BCUT2D eigenvalue weighted by Gasteiger charge is 2.23. The molecule has 0 radical (unpaired) electrons. The van der Waals surface area contributed by atoms with Crippen LogP contribution in [0, 0.1) is 6.92 Å². The summed E-state index contributed by atoms with van der Waals surface area (Å²) in [6.07, 6.45) is 1.77. The van der Waals surface area contributed by atoms with Crippen LogP contribution in [0.4, 0.5) is 11.4 Å². The number of nitrogens with one attached hydrogen (secondary N) is 1. The number of hydrogen-bond acceptors (Lipinski definition) is 3. The molecule has 0 aliphatic carbocycles. The Labute approximate surface area is 164 Å². The monoisotopic (exact) mass is 414 g/mol. The second-order valence-electron chi connectivity index (χ2n) is 5.88. The number of carbonyl (C=O) groups is 1. The second-order valence-corrected chi connectivity index (χ2v) is 8.63. The van der Waals surface area contributed by atoms with Gasteiger partial charge in [-0.15, -0.1) is 0 Å². The third-order valence-electron chi connectivity index (χ3n) is 3.87. The topological polar surface area (TPSA) is 66.5 Å². The first kappa shape index (κ1) is 20.6. The van der Waals surface area contributed by atoms with Gasteiger partial charge in [0, 0.05) is 10.7 Å². The molecule has 1 amide bonds. The van der Waals surface area contributed by atoms with Crippen LogP contribution in [0.25, 0.3) is 0 Å². The molecule has 2 aromatic rings. The van der Waals surface area contributed by atoms with Gasteiger partial charge in [0.25, 0.3) is 0 Å². The molecule has 26 heavy (non-hydrogen) atoms. The van der Waals surface area contributed by atoms with Crippen LogP contribution in [0.5, 0.6) is 0 Å². The molecule has 2 aromatic carbocycles. The molecular weight excluding hydrogens is 395 g/mol. The van der Waals surface area contributed by atoms with Crippen LogP contribution < -0.4 is 9.62 Å². The predicted octanol–water partition coefficient (Wildman–Crippen LogP) is 4.27. The van der Waals surface area contributed by atoms with E-state index in [9.17, 15) is 13.2 Å². The van der Waals surface area contributed by atoms with Gasteiger partial charge in [-0.25, -0.2) is 8.42 Å². The highest BCUT2D eigenvalue weighted by molar-refractivity contribution is 7.92. The summed E-state index contributed by atoms with van der Waals surface area (Å²) >= 11 is 12.0. The van der Waals surface area contributed by atoms with Crippen LogP contribution in [-0.2, 0) is 21.2 Å². The number of anilines is 2. The van der Waals surface area contributed by atoms with Crippen molar-refractivity contribution >= 4 is 50.5 Å². The number of carbonyl (C=O) groups excluding carboxylic acids is 1. The Morgan fingerprint density at radius 1 is 1.19 bits per heavy atom. The first-order valence-electron chi connectivity index (χ1n) is 7.94. The van der Waals surface area contributed by atoms with E-state index in [2.05, 4.69) is 5.32 Å². The van der Waals surface area contributed by atoms with Crippen molar-refractivity contribution < 1.29 is 13.2 Å². The number of benzene rings is 2. The Balaban J connectivity index is 2.32. The molecule has 0 spiro atoms. The summed E-state index contributed by atoms with van der Waals surface area (Å²) in [5.74, 6) is -0.453. The summed E-state index contributed by atoms with van der Waals surface area (Å²) in [7, 11) is -3.72. The first-order valence-corrected chi connectivity index (χ1v) is 10.5. The molecule has 0 bridgehead atoms. The first-order chi connectivity index (χ1) is 12.1. The Morgan fingerprint density at radius 2 is 1.88 bits per heavy atom. The third-order valence-corrected chi connectivity index (χ3v) is 5.53. The smallest absolute Gasteiger partial charge is 0.245 e. The van der Waals surface area contributed by atoms with E-state index in [1.807, 2.05) is 32.0 Å². The summed E-state index contributed by atoms with van der Waals surface area (Å²) < 4.78 is 25.4. The van der Waals surface area contributed by atoms with Gasteiger partial charge in [0.15, 0.2) is 0 Å². The fourth-order valence-corrected chi connectivity index (χ4v) is 4.00. The Bertz CT molecular complexity index is 930. The third kappa shape index (κ3) is 4.90. The minimum Gasteiger partial charge on any atom is -0.324 e. The van der Waals surface area contributed by atoms with Crippen molar-refractivity contribution in [3.63, 3.8) is 0 Å². The van der Waals surface area contributed by atoms with Gasteiger partial charge in [-0.05, 0) is 42.7 Å². The number of para-hydroxylation sites is 1. The van der Waals surface area contributed by atoms with Gasteiger partial charge in [-0.2, -0.15) is 0 Å². The van der Waals surface area contributed by atoms with E-state index >= 15 is 0 Å². The molecule has 8 heteroatoms. The molecule has 0 unspecified atom stereocenters. The maximum absolute atomic E-state index is 12.6. The number of halogens is 2. The molecule has 2 rings (SSSR count). The molecule has 0 atom stereocenters. The van der Waals surface area contributed by atoms with E-state index in [1.165, 1.54) is 18.2 Å². The molecule has 0 heterocycles. The zero-order valence-electron chi connectivity index (χ0n) is 14.7. The van der Waals surface area contributed by atoms with E-state index in [1.54, 1.807) is 0 Å². The molecule has 0 aliphatic rings. The maximum atomic E-state index is 12.6. The Morgan fingerprint density at radius 3 is 2.46 bits per heavy atom. The fraction of sp³-hybridized carbons (Fsp3) is 0.278. The highest BCUT2D eigenvalue weighted by Crippen LogP contribution is 2.30. The average molecular weight is 415 g/mol. The Hall–Kier alpha value is -1.76. The van der Waals surface area contributed by atoms with Crippen LogP contribution in [-0.4, -0.2) is 27.1 Å². The highest BCUT2D eigenvalue weighted by atomic mass is 35.5. The van der Waals surface area contributed by atoms with Gasteiger partial charge in [0.1, 0.15) is 6.54 Å². The number of nitrogens with zero attached hydrogens (tertiary/aromatic N) is 1. The summed E-state index contributed by atoms with van der Waals surface area (Å²) in [4.78, 5) is 12.6. The van der Waals surface area contributed by atoms with Gasteiger partial charge < -0.3 is 5.32 Å². The largest absolute Gasteiger partial charge is 0.324 e. The van der Waals surface area contributed by atoms with Crippen LogP contribution in [0.1, 0.15) is 18.1 Å². The van der Waals surface area contributed by atoms with Crippen molar-refractivity contribution in [2.45, 2.75) is 20.3 Å². The lowest BCUT2D eigenvalue weighted by Crippen LogP contribution is -2.37. The van der Waals surface area contributed by atoms with Gasteiger partial charge in [0.05, 0.1) is 17.0 Å². The minimum atomic E-state index is -3.72. The molecule has 140 valence electrons. The van der Waals surface area contributed by atoms with Crippen molar-refractivity contribution in [3.8, 4) is 0 Å². The number of sulfonamides is 1. The number of amides is 1. The Kier molecular flexibility index (Phi) is 6.55. The van der Waals surface area contributed by atoms with E-state index in [0.29, 0.717) is 10.7 Å². The van der Waals surface area contributed by atoms with Gasteiger partial charge in [-0.3, -0.25) is 9.10 Å². The lowest BCUT2D eigenvalue weighted by Gasteiger charge is -2.23. The van der Waals surface area contributed by atoms with E-state index in [-0.39, 0.29) is 10.7 Å².